The molecule has 1 aliphatic heterocycles. The van der Waals surface area contributed by atoms with Crippen LogP contribution < -0.4 is 5.32 Å². The van der Waals surface area contributed by atoms with E-state index in [0.29, 0.717) is 0 Å². The van der Waals surface area contributed by atoms with E-state index in [-0.39, 0.29) is 0 Å². The number of fused-ring (bicyclic) bond motifs is 1. The van der Waals surface area contributed by atoms with Gasteiger partial charge in [-0.3, -0.25) is 0 Å². The van der Waals surface area contributed by atoms with Crippen LogP contribution in [0, 0.1) is 0 Å². The van der Waals surface area contributed by atoms with Crippen LogP contribution in [0.3, 0.4) is 0 Å². The summed E-state index contributed by atoms with van der Waals surface area (Å²) in [4.78, 5) is 3.44. The monoisotopic (exact) mass is 228 g/mol. The van der Waals surface area contributed by atoms with Crippen LogP contribution in [0.5, 0.6) is 0 Å². The summed E-state index contributed by atoms with van der Waals surface area (Å²) in [6.07, 6.45) is 5.86. The first-order chi connectivity index (χ1) is 8.38. The van der Waals surface area contributed by atoms with Gasteiger partial charge in [0.1, 0.15) is 0 Å². The Balaban J connectivity index is 1.99. The Hall–Kier alpha value is -1.28. The van der Waals surface area contributed by atoms with Gasteiger partial charge in [0.15, 0.2) is 0 Å². The number of aromatic amines is 1. The van der Waals surface area contributed by atoms with Crippen LogP contribution in [0.1, 0.15) is 36.8 Å². The van der Waals surface area contributed by atoms with Crippen LogP contribution in [0.4, 0.5) is 0 Å². The Kier molecular flexibility index (Phi) is 2.89. The first kappa shape index (κ1) is 10.8. The minimum absolute atomic E-state index is 0.734. The maximum Gasteiger partial charge on any atom is 0.0459 e. The number of aromatic nitrogens is 1. The van der Waals surface area contributed by atoms with E-state index in [9.17, 15) is 0 Å². The molecule has 90 valence electrons. The quantitative estimate of drug-likeness (QED) is 0.811. The van der Waals surface area contributed by atoms with E-state index >= 15 is 0 Å². The van der Waals surface area contributed by atoms with Crippen LogP contribution in [-0.2, 0) is 6.42 Å². The van der Waals surface area contributed by atoms with Crippen molar-refractivity contribution in [2.45, 2.75) is 32.1 Å². The van der Waals surface area contributed by atoms with Gasteiger partial charge in [0.2, 0.25) is 0 Å². The Morgan fingerprint density at radius 2 is 2.06 bits per heavy atom. The standard InChI is InChI=1S/C15H20N2/c1-2-11-3-4-13-14(10-17-15(13)9-11)12-5-7-16-8-6-12/h3-4,9-10,12,16-17H,2,5-8H2,1H3. The molecule has 2 heteroatoms. The van der Waals surface area contributed by atoms with Crippen molar-refractivity contribution in [1.29, 1.82) is 0 Å². The molecule has 0 atom stereocenters. The number of hydrogen-bond donors (Lipinski definition) is 2. The second-order valence-electron chi connectivity index (χ2n) is 5.00. The summed E-state index contributed by atoms with van der Waals surface area (Å²) < 4.78 is 0. The number of rotatable bonds is 2. The van der Waals surface area contributed by atoms with Crippen molar-refractivity contribution in [2.24, 2.45) is 0 Å². The lowest BCUT2D eigenvalue weighted by Gasteiger charge is -2.22. The van der Waals surface area contributed by atoms with E-state index in [0.717, 1.165) is 25.4 Å². The maximum absolute atomic E-state index is 3.44. The Morgan fingerprint density at radius 1 is 1.24 bits per heavy atom. The minimum Gasteiger partial charge on any atom is -0.361 e. The van der Waals surface area contributed by atoms with Crippen molar-refractivity contribution < 1.29 is 0 Å². The van der Waals surface area contributed by atoms with Gasteiger partial charge in [0.25, 0.3) is 0 Å². The molecule has 1 fully saturated rings. The Bertz CT molecular complexity index is 507. The zero-order valence-electron chi connectivity index (χ0n) is 10.4. The van der Waals surface area contributed by atoms with Crippen molar-refractivity contribution in [3.63, 3.8) is 0 Å². The van der Waals surface area contributed by atoms with Gasteiger partial charge in [-0.25, -0.2) is 0 Å². The highest BCUT2D eigenvalue weighted by molar-refractivity contribution is 5.84. The lowest BCUT2D eigenvalue weighted by Crippen LogP contribution is -2.26. The van der Waals surface area contributed by atoms with Gasteiger partial charge in [-0.2, -0.15) is 0 Å². The molecule has 2 N–H and O–H groups in total. The number of hydrogen-bond acceptors (Lipinski definition) is 1. The van der Waals surface area contributed by atoms with Crippen molar-refractivity contribution >= 4 is 10.9 Å². The molecule has 0 saturated carbocycles. The van der Waals surface area contributed by atoms with Crippen molar-refractivity contribution in [1.82, 2.24) is 10.3 Å². The number of aryl methyl sites for hydroxylation is 1. The Labute approximate surface area is 102 Å². The van der Waals surface area contributed by atoms with Crippen LogP contribution in [0.25, 0.3) is 10.9 Å². The van der Waals surface area contributed by atoms with E-state index < -0.39 is 0 Å². The molecule has 3 rings (SSSR count). The first-order valence-electron chi connectivity index (χ1n) is 6.69. The molecule has 2 heterocycles. The molecule has 1 aromatic heterocycles. The first-order valence-corrected chi connectivity index (χ1v) is 6.69. The van der Waals surface area contributed by atoms with E-state index in [4.69, 9.17) is 0 Å². The van der Waals surface area contributed by atoms with Gasteiger partial charge >= 0.3 is 0 Å². The smallest absolute Gasteiger partial charge is 0.0459 e. The normalized spacial score (nSPS) is 17.7. The second kappa shape index (κ2) is 4.53. The van der Waals surface area contributed by atoms with Gasteiger partial charge in [-0.05, 0) is 55.5 Å². The highest BCUT2D eigenvalue weighted by Crippen LogP contribution is 2.31. The zero-order chi connectivity index (χ0) is 11.7. The van der Waals surface area contributed by atoms with Gasteiger partial charge < -0.3 is 10.3 Å². The lowest BCUT2D eigenvalue weighted by atomic mass is 9.90. The molecular weight excluding hydrogens is 208 g/mol. The van der Waals surface area contributed by atoms with Crippen molar-refractivity contribution in [2.75, 3.05) is 13.1 Å². The predicted octanol–water partition coefficient (Wildman–Crippen LogP) is 3.20. The Morgan fingerprint density at radius 3 is 2.82 bits per heavy atom. The molecule has 2 nitrogen and oxygen atoms in total. The molecule has 0 amide bonds. The van der Waals surface area contributed by atoms with Crippen LogP contribution in [0.2, 0.25) is 0 Å². The van der Waals surface area contributed by atoms with Crippen LogP contribution in [0.15, 0.2) is 24.4 Å². The van der Waals surface area contributed by atoms with E-state index in [2.05, 4.69) is 41.6 Å². The van der Waals surface area contributed by atoms with Gasteiger partial charge in [-0.1, -0.05) is 19.1 Å². The molecule has 0 radical (unpaired) electrons. The predicted molar refractivity (Wildman–Crippen MR) is 72.5 cm³/mol. The molecule has 1 aliphatic rings. The fraction of sp³-hybridized carbons (Fsp3) is 0.467. The molecule has 0 bridgehead atoms. The fourth-order valence-corrected chi connectivity index (χ4v) is 2.89. The zero-order valence-corrected chi connectivity index (χ0v) is 10.4. The molecule has 0 spiro atoms. The average Bonchev–Trinajstić information content (AvgIpc) is 2.82. The van der Waals surface area contributed by atoms with E-state index in [1.807, 2.05) is 0 Å². The van der Waals surface area contributed by atoms with Gasteiger partial charge in [-0.15, -0.1) is 0 Å². The molecule has 0 aliphatic carbocycles. The summed E-state index contributed by atoms with van der Waals surface area (Å²) in [6, 6.07) is 6.85. The number of nitrogens with one attached hydrogen (secondary N) is 2. The minimum atomic E-state index is 0.734. The van der Waals surface area contributed by atoms with E-state index in [1.54, 1.807) is 0 Å². The third kappa shape index (κ3) is 1.98. The summed E-state index contributed by atoms with van der Waals surface area (Å²) >= 11 is 0. The second-order valence-corrected chi connectivity index (χ2v) is 5.00. The molecule has 1 aromatic carbocycles. The summed E-state index contributed by atoms with van der Waals surface area (Å²) in [5.41, 5.74) is 4.23. The maximum atomic E-state index is 3.44. The molecule has 2 aromatic rings. The molecule has 17 heavy (non-hydrogen) atoms. The highest BCUT2D eigenvalue weighted by Gasteiger charge is 2.18. The third-order valence-corrected chi connectivity index (χ3v) is 3.97. The summed E-state index contributed by atoms with van der Waals surface area (Å²) in [6.45, 7) is 4.52. The number of piperidine rings is 1. The highest BCUT2D eigenvalue weighted by atomic mass is 14.9. The topological polar surface area (TPSA) is 27.8 Å². The largest absolute Gasteiger partial charge is 0.361 e. The van der Waals surface area contributed by atoms with Gasteiger partial charge in [0.05, 0.1) is 0 Å². The summed E-state index contributed by atoms with van der Waals surface area (Å²) in [5, 5.41) is 4.86. The fourth-order valence-electron chi connectivity index (χ4n) is 2.89. The number of H-pyrrole nitrogens is 1. The SMILES string of the molecule is CCc1ccc2c(C3CCNCC3)c[nH]c2c1. The summed E-state index contributed by atoms with van der Waals surface area (Å²) in [7, 11) is 0. The number of benzene rings is 1. The van der Waals surface area contributed by atoms with Crippen LogP contribution in [-0.4, -0.2) is 18.1 Å². The van der Waals surface area contributed by atoms with E-state index in [1.165, 1.54) is 34.9 Å². The molecular formula is C15H20N2. The van der Waals surface area contributed by atoms with Gasteiger partial charge in [0, 0.05) is 17.1 Å². The molecule has 1 saturated heterocycles. The van der Waals surface area contributed by atoms with Crippen molar-refractivity contribution in [3.8, 4) is 0 Å². The molecule has 0 unspecified atom stereocenters. The lowest BCUT2D eigenvalue weighted by molar-refractivity contribution is 0.462. The summed E-state index contributed by atoms with van der Waals surface area (Å²) in [5.74, 6) is 0.734. The van der Waals surface area contributed by atoms with Crippen molar-refractivity contribution in [3.05, 3.63) is 35.5 Å². The third-order valence-electron chi connectivity index (χ3n) is 3.97. The van der Waals surface area contributed by atoms with Crippen LogP contribution >= 0.6 is 0 Å². The average molecular weight is 228 g/mol.